The summed E-state index contributed by atoms with van der Waals surface area (Å²) in [6, 6.07) is 0.111. The summed E-state index contributed by atoms with van der Waals surface area (Å²) in [7, 11) is 4.01. The van der Waals surface area contributed by atoms with E-state index in [1.54, 1.807) is 0 Å². The van der Waals surface area contributed by atoms with Crippen LogP contribution in [0.4, 0.5) is 0 Å². The SMILES string of the molecule is C#CC(CC)C(N)CN(C)C. The largest absolute Gasteiger partial charge is 0.326 e. The lowest BCUT2D eigenvalue weighted by molar-refractivity contribution is 0.336. The Morgan fingerprint density at radius 3 is 2.36 bits per heavy atom. The van der Waals surface area contributed by atoms with Crippen molar-refractivity contribution in [3.05, 3.63) is 0 Å². The Morgan fingerprint density at radius 2 is 2.09 bits per heavy atom. The number of nitrogens with zero attached hydrogens (tertiary/aromatic N) is 1. The second-order valence-corrected chi connectivity index (χ2v) is 3.11. The summed E-state index contributed by atoms with van der Waals surface area (Å²) in [5.41, 5.74) is 5.86. The van der Waals surface area contributed by atoms with Crippen molar-refractivity contribution in [1.29, 1.82) is 0 Å². The van der Waals surface area contributed by atoms with Gasteiger partial charge in [-0.25, -0.2) is 0 Å². The minimum atomic E-state index is 0.111. The second kappa shape index (κ2) is 5.17. The van der Waals surface area contributed by atoms with Crippen molar-refractivity contribution in [1.82, 2.24) is 4.90 Å². The molecule has 0 aromatic carbocycles. The zero-order valence-electron chi connectivity index (χ0n) is 7.67. The van der Waals surface area contributed by atoms with Crippen LogP contribution in [0.3, 0.4) is 0 Å². The van der Waals surface area contributed by atoms with E-state index in [1.807, 2.05) is 14.1 Å². The molecule has 0 aliphatic heterocycles. The Bertz CT molecular complexity index is 135. The van der Waals surface area contributed by atoms with Gasteiger partial charge in [-0.05, 0) is 20.5 Å². The molecule has 0 bridgehead atoms. The molecule has 2 N–H and O–H groups in total. The molecule has 2 heteroatoms. The Balaban J connectivity index is 3.81. The number of hydrogen-bond acceptors (Lipinski definition) is 2. The predicted molar refractivity (Wildman–Crippen MR) is 49.1 cm³/mol. The molecule has 0 rings (SSSR count). The van der Waals surface area contributed by atoms with Crippen molar-refractivity contribution >= 4 is 0 Å². The van der Waals surface area contributed by atoms with Crippen LogP contribution in [0.25, 0.3) is 0 Å². The van der Waals surface area contributed by atoms with Crippen molar-refractivity contribution < 1.29 is 0 Å². The van der Waals surface area contributed by atoms with E-state index >= 15 is 0 Å². The van der Waals surface area contributed by atoms with Crippen LogP contribution in [-0.2, 0) is 0 Å². The monoisotopic (exact) mass is 154 g/mol. The summed E-state index contributed by atoms with van der Waals surface area (Å²) in [6.45, 7) is 2.93. The fraction of sp³-hybridized carbons (Fsp3) is 0.778. The van der Waals surface area contributed by atoms with Gasteiger partial charge in [0.1, 0.15) is 0 Å². The van der Waals surface area contributed by atoms with Crippen molar-refractivity contribution in [2.24, 2.45) is 11.7 Å². The molecule has 0 aliphatic carbocycles. The molecular weight excluding hydrogens is 136 g/mol. The summed E-state index contributed by atoms with van der Waals surface area (Å²) in [6.07, 6.45) is 6.28. The molecule has 0 radical (unpaired) electrons. The summed E-state index contributed by atoms with van der Waals surface area (Å²) in [4.78, 5) is 2.06. The lowest BCUT2D eigenvalue weighted by Gasteiger charge is -2.21. The van der Waals surface area contributed by atoms with Crippen LogP contribution in [0.5, 0.6) is 0 Å². The summed E-state index contributed by atoms with van der Waals surface area (Å²) >= 11 is 0. The fourth-order valence-electron chi connectivity index (χ4n) is 1.09. The van der Waals surface area contributed by atoms with E-state index in [9.17, 15) is 0 Å². The molecule has 0 saturated carbocycles. The zero-order valence-corrected chi connectivity index (χ0v) is 7.67. The average Bonchev–Trinajstić information content (AvgIpc) is 1.88. The van der Waals surface area contributed by atoms with E-state index in [0.717, 1.165) is 13.0 Å². The second-order valence-electron chi connectivity index (χ2n) is 3.11. The van der Waals surface area contributed by atoms with Crippen LogP contribution in [0.2, 0.25) is 0 Å². The molecule has 2 atom stereocenters. The molecule has 11 heavy (non-hydrogen) atoms. The third kappa shape index (κ3) is 4.02. The highest BCUT2D eigenvalue weighted by Crippen LogP contribution is 2.05. The van der Waals surface area contributed by atoms with E-state index in [4.69, 9.17) is 12.2 Å². The highest BCUT2D eigenvalue weighted by Gasteiger charge is 2.13. The number of terminal acetylenes is 1. The molecule has 0 aliphatic rings. The van der Waals surface area contributed by atoms with Gasteiger partial charge in [0.05, 0.1) is 0 Å². The molecule has 0 fully saturated rings. The first kappa shape index (κ1) is 10.5. The van der Waals surface area contributed by atoms with Crippen LogP contribution in [0.1, 0.15) is 13.3 Å². The first-order valence-corrected chi connectivity index (χ1v) is 3.98. The van der Waals surface area contributed by atoms with Crippen molar-refractivity contribution in [3.63, 3.8) is 0 Å². The van der Waals surface area contributed by atoms with Gasteiger partial charge < -0.3 is 10.6 Å². The number of likely N-dealkylation sites (N-methyl/N-ethyl adjacent to an activating group) is 1. The molecular formula is C9H18N2. The minimum Gasteiger partial charge on any atom is -0.326 e. The number of hydrogen-bond donors (Lipinski definition) is 1. The lowest BCUT2D eigenvalue weighted by atomic mass is 9.98. The summed E-state index contributed by atoms with van der Waals surface area (Å²) in [5, 5.41) is 0. The molecule has 0 spiro atoms. The van der Waals surface area contributed by atoms with Gasteiger partial charge in [-0.2, -0.15) is 0 Å². The summed E-state index contributed by atoms with van der Waals surface area (Å²) in [5.74, 6) is 2.92. The molecule has 0 aromatic rings. The van der Waals surface area contributed by atoms with Crippen LogP contribution < -0.4 is 5.73 Å². The average molecular weight is 154 g/mol. The third-order valence-corrected chi connectivity index (χ3v) is 1.75. The van der Waals surface area contributed by atoms with E-state index in [-0.39, 0.29) is 12.0 Å². The van der Waals surface area contributed by atoms with Gasteiger partial charge in [-0.15, -0.1) is 12.3 Å². The first-order valence-electron chi connectivity index (χ1n) is 3.98. The Morgan fingerprint density at radius 1 is 1.55 bits per heavy atom. The smallest absolute Gasteiger partial charge is 0.0361 e. The predicted octanol–water partition coefficient (Wildman–Crippen LogP) is 0.535. The minimum absolute atomic E-state index is 0.111. The third-order valence-electron chi connectivity index (χ3n) is 1.75. The fourth-order valence-corrected chi connectivity index (χ4v) is 1.09. The van der Waals surface area contributed by atoms with Gasteiger partial charge in [0.2, 0.25) is 0 Å². The maximum absolute atomic E-state index is 5.86. The molecule has 0 saturated heterocycles. The Labute approximate surface area is 69.8 Å². The van der Waals surface area contributed by atoms with E-state index < -0.39 is 0 Å². The van der Waals surface area contributed by atoms with Crippen LogP contribution in [0, 0.1) is 18.3 Å². The van der Waals surface area contributed by atoms with Crippen molar-refractivity contribution in [3.8, 4) is 12.3 Å². The van der Waals surface area contributed by atoms with Gasteiger partial charge in [0.25, 0.3) is 0 Å². The highest BCUT2D eigenvalue weighted by molar-refractivity contribution is 4.98. The molecule has 2 nitrogen and oxygen atoms in total. The normalized spacial score (nSPS) is 16.0. The van der Waals surface area contributed by atoms with Gasteiger partial charge in [-0.3, -0.25) is 0 Å². The maximum atomic E-state index is 5.86. The van der Waals surface area contributed by atoms with Crippen molar-refractivity contribution in [2.45, 2.75) is 19.4 Å². The van der Waals surface area contributed by atoms with Crippen LogP contribution in [-0.4, -0.2) is 31.6 Å². The van der Waals surface area contributed by atoms with Crippen molar-refractivity contribution in [2.75, 3.05) is 20.6 Å². The lowest BCUT2D eigenvalue weighted by Crippen LogP contribution is -2.38. The first-order chi connectivity index (χ1) is 5.11. The van der Waals surface area contributed by atoms with Crippen LogP contribution >= 0.6 is 0 Å². The van der Waals surface area contributed by atoms with E-state index in [1.165, 1.54) is 0 Å². The molecule has 0 amide bonds. The van der Waals surface area contributed by atoms with Gasteiger partial charge in [0, 0.05) is 18.5 Å². The van der Waals surface area contributed by atoms with E-state index in [0.29, 0.717) is 0 Å². The zero-order chi connectivity index (χ0) is 8.85. The molecule has 2 unspecified atom stereocenters. The van der Waals surface area contributed by atoms with Gasteiger partial charge in [0.15, 0.2) is 0 Å². The quantitative estimate of drug-likeness (QED) is 0.599. The van der Waals surface area contributed by atoms with Gasteiger partial charge in [-0.1, -0.05) is 6.92 Å². The number of nitrogens with two attached hydrogens (primary N) is 1. The summed E-state index contributed by atoms with van der Waals surface area (Å²) < 4.78 is 0. The van der Waals surface area contributed by atoms with E-state index in [2.05, 4.69) is 17.7 Å². The molecule has 64 valence electrons. The Hall–Kier alpha value is -0.520. The molecule has 0 aromatic heterocycles. The van der Waals surface area contributed by atoms with Crippen LogP contribution in [0.15, 0.2) is 0 Å². The standard InChI is InChI=1S/C9H18N2/c1-5-8(6-2)9(10)7-11(3)4/h1,8-9H,6-7,10H2,2-4H3. The molecule has 0 heterocycles. The Kier molecular flexibility index (Phi) is 4.93. The number of rotatable bonds is 4. The topological polar surface area (TPSA) is 29.3 Å². The highest BCUT2D eigenvalue weighted by atomic mass is 15.1. The maximum Gasteiger partial charge on any atom is 0.0361 e. The van der Waals surface area contributed by atoms with Gasteiger partial charge >= 0.3 is 0 Å².